The maximum Gasteiger partial charge on any atom is 0.0608 e. The topological polar surface area (TPSA) is 40.5 Å². The van der Waals surface area contributed by atoms with E-state index in [4.69, 9.17) is 0 Å². The van der Waals surface area contributed by atoms with Crippen molar-refractivity contribution in [3.05, 3.63) is 11.6 Å². The number of hydrogen-bond donors (Lipinski definition) is 2. The van der Waals surface area contributed by atoms with Crippen molar-refractivity contribution in [1.29, 1.82) is 0 Å². The van der Waals surface area contributed by atoms with Gasteiger partial charge in [0.2, 0.25) is 0 Å². The lowest BCUT2D eigenvalue weighted by Gasteiger charge is -2.51. The molecule has 0 amide bonds. The molecule has 4 aliphatic rings. The van der Waals surface area contributed by atoms with Gasteiger partial charge < -0.3 is 10.2 Å². The average Bonchev–Trinajstić information content (AvgIpc) is 3.47. The fourth-order valence-corrected chi connectivity index (χ4v) is 7.95. The molecular formula is C27H48O2. The number of rotatable bonds is 1. The molecule has 0 radical (unpaired) electrons. The number of hydrogen-bond acceptors (Lipinski definition) is 2. The predicted octanol–water partition coefficient (Wildman–Crippen LogP) is 6.75. The molecule has 4 fully saturated rings. The highest BCUT2D eigenvalue weighted by atomic mass is 16.3. The summed E-state index contributed by atoms with van der Waals surface area (Å²) in [6.45, 7) is 13.7. The second kappa shape index (κ2) is 9.03. The fraction of sp³-hybridized carbons (Fsp3) is 0.926. The Hall–Kier alpha value is -0.340. The molecule has 29 heavy (non-hydrogen) atoms. The molecule has 4 unspecified atom stereocenters. The third-order valence-corrected chi connectivity index (χ3v) is 9.75. The lowest BCUT2D eigenvalue weighted by Crippen LogP contribution is -2.49. The zero-order valence-electron chi connectivity index (χ0n) is 20.1. The molecule has 2 heteroatoms. The van der Waals surface area contributed by atoms with E-state index in [1.807, 2.05) is 13.8 Å². The zero-order valence-corrected chi connectivity index (χ0v) is 20.1. The van der Waals surface area contributed by atoms with Crippen LogP contribution in [0.1, 0.15) is 106 Å². The zero-order chi connectivity index (χ0) is 21.4. The lowest BCUT2D eigenvalue weighted by molar-refractivity contribution is -0.101. The lowest BCUT2D eigenvalue weighted by atomic mass is 9.55. The summed E-state index contributed by atoms with van der Waals surface area (Å²) in [5, 5.41) is 22.2. The molecule has 168 valence electrons. The maximum absolute atomic E-state index is 11.8. The summed E-state index contributed by atoms with van der Waals surface area (Å²) in [5.74, 6) is 2.72. The van der Waals surface area contributed by atoms with Crippen LogP contribution in [0.4, 0.5) is 0 Å². The highest BCUT2D eigenvalue weighted by molar-refractivity contribution is 5.21. The van der Waals surface area contributed by atoms with Crippen LogP contribution in [-0.2, 0) is 0 Å². The molecule has 0 saturated heterocycles. The summed E-state index contributed by atoms with van der Waals surface area (Å²) >= 11 is 0. The first-order chi connectivity index (χ1) is 13.8. The van der Waals surface area contributed by atoms with E-state index in [1.54, 1.807) is 5.57 Å². The van der Waals surface area contributed by atoms with E-state index in [0.29, 0.717) is 23.2 Å². The van der Waals surface area contributed by atoms with Gasteiger partial charge in [0.05, 0.1) is 12.2 Å². The standard InChI is InChI=1S/C25H42O2.C2H6/c1-5-18-9-10-20-16(2)22(17-7-8-17)23(27)21-15-19(26)11-14-24(21,3)12-6-13-25(18,20)4;1-2/h5,16-17,19-23,26-27H,6-15H2,1-4H3;1-2H3/b18-5-;/t16?,19-,20?,21?,22?,23-,24+,25-;/m1./s1. The van der Waals surface area contributed by atoms with Gasteiger partial charge in [0, 0.05) is 0 Å². The van der Waals surface area contributed by atoms with E-state index >= 15 is 0 Å². The van der Waals surface area contributed by atoms with E-state index in [2.05, 4.69) is 33.8 Å². The Morgan fingerprint density at radius 1 is 0.931 bits per heavy atom. The highest BCUT2D eigenvalue weighted by Crippen LogP contribution is 2.61. The summed E-state index contributed by atoms with van der Waals surface area (Å²) in [4.78, 5) is 0. The maximum atomic E-state index is 11.8. The number of fused-ring (bicyclic) bond motifs is 2. The Morgan fingerprint density at radius 3 is 2.24 bits per heavy atom. The van der Waals surface area contributed by atoms with Gasteiger partial charge in [-0.3, -0.25) is 0 Å². The molecule has 2 nitrogen and oxygen atoms in total. The summed E-state index contributed by atoms with van der Waals surface area (Å²) in [5.41, 5.74) is 2.21. The Labute approximate surface area is 180 Å². The second-order valence-electron chi connectivity index (χ2n) is 11.2. The number of aliphatic hydroxyl groups is 2. The van der Waals surface area contributed by atoms with Crippen LogP contribution in [0, 0.1) is 40.4 Å². The van der Waals surface area contributed by atoms with Crippen molar-refractivity contribution in [3.63, 3.8) is 0 Å². The second-order valence-corrected chi connectivity index (χ2v) is 11.2. The van der Waals surface area contributed by atoms with Crippen LogP contribution in [0.3, 0.4) is 0 Å². The third-order valence-electron chi connectivity index (χ3n) is 9.75. The van der Waals surface area contributed by atoms with Crippen molar-refractivity contribution in [3.8, 4) is 0 Å². The van der Waals surface area contributed by atoms with Crippen LogP contribution in [0.2, 0.25) is 0 Å². The van der Waals surface area contributed by atoms with E-state index in [0.717, 1.165) is 25.2 Å². The molecule has 0 aromatic carbocycles. The smallest absolute Gasteiger partial charge is 0.0608 e. The molecule has 8 atom stereocenters. The first kappa shape index (κ1) is 23.3. The average molecular weight is 405 g/mol. The molecular weight excluding hydrogens is 356 g/mol. The Morgan fingerprint density at radius 2 is 1.62 bits per heavy atom. The molecule has 4 saturated carbocycles. The number of aliphatic hydroxyl groups excluding tert-OH is 2. The van der Waals surface area contributed by atoms with Crippen LogP contribution in [0.5, 0.6) is 0 Å². The van der Waals surface area contributed by atoms with Gasteiger partial charge in [0.15, 0.2) is 0 Å². The van der Waals surface area contributed by atoms with Gasteiger partial charge in [-0.05, 0) is 105 Å². The normalized spacial score (nSPS) is 49.6. The quantitative estimate of drug-likeness (QED) is 0.475. The molecule has 4 aliphatic carbocycles. The van der Waals surface area contributed by atoms with Crippen molar-refractivity contribution in [2.24, 2.45) is 40.4 Å². The molecule has 0 bridgehead atoms. The molecule has 4 rings (SSSR count). The van der Waals surface area contributed by atoms with Crippen molar-refractivity contribution < 1.29 is 10.2 Å². The van der Waals surface area contributed by atoms with Crippen LogP contribution in [-0.4, -0.2) is 22.4 Å². The monoisotopic (exact) mass is 404 g/mol. The Balaban J connectivity index is 0.00000117. The van der Waals surface area contributed by atoms with Crippen molar-refractivity contribution in [1.82, 2.24) is 0 Å². The van der Waals surface area contributed by atoms with Crippen LogP contribution in [0.15, 0.2) is 11.6 Å². The van der Waals surface area contributed by atoms with Crippen LogP contribution >= 0.6 is 0 Å². The minimum atomic E-state index is -0.232. The number of allylic oxidation sites excluding steroid dienone is 2. The van der Waals surface area contributed by atoms with Gasteiger partial charge in [-0.2, -0.15) is 0 Å². The van der Waals surface area contributed by atoms with E-state index < -0.39 is 0 Å². The molecule has 0 aromatic rings. The first-order valence-electron chi connectivity index (χ1n) is 12.8. The fourth-order valence-electron chi connectivity index (χ4n) is 7.95. The van der Waals surface area contributed by atoms with Crippen molar-refractivity contribution in [2.45, 2.75) is 118 Å². The summed E-state index contributed by atoms with van der Waals surface area (Å²) in [6, 6.07) is 0. The third kappa shape index (κ3) is 4.22. The van der Waals surface area contributed by atoms with Gasteiger partial charge in [-0.15, -0.1) is 0 Å². The Bertz CT molecular complexity index is 579. The molecule has 0 heterocycles. The summed E-state index contributed by atoms with van der Waals surface area (Å²) in [7, 11) is 0. The van der Waals surface area contributed by atoms with Gasteiger partial charge >= 0.3 is 0 Å². The Kier molecular flexibility index (Phi) is 7.26. The van der Waals surface area contributed by atoms with E-state index in [-0.39, 0.29) is 23.5 Å². The summed E-state index contributed by atoms with van der Waals surface area (Å²) in [6.07, 6.45) is 13.7. The minimum Gasteiger partial charge on any atom is -0.393 e. The summed E-state index contributed by atoms with van der Waals surface area (Å²) < 4.78 is 0. The molecule has 0 spiro atoms. The van der Waals surface area contributed by atoms with E-state index in [9.17, 15) is 10.2 Å². The predicted molar refractivity (Wildman–Crippen MR) is 123 cm³/mol. The first-order valence-corrected chi connectivity index (χ1v) is 12.8. The largest absolute Gasteiger partial charge is 0.393 e. The molecule has 0 aromatic heterocycles. The van der Waals surface area contributed by atoms with Crippen molar-refractivity contribution >= 4 is 0 Å². The van der Waals surface area contributed by atoms with Gasteiger partial charge in [0.25, 0.3) is 0 Å². The highest BCUT2D eigenvalue weighted by Gasteiger charge is 2.54. The SMILES string of the molecule is C/C=C1/CCC2C(C)C(C3CC3)[C@H](O)C3C[C@H](O)CC[C@]3(C)CCC[C@]12C.CC. The molecule has 2 N–H and O–H groups in total. The van der Waals surface area contributed by atoms with Crippen molar-refractivity contribution in [2.75, 3.05) is 0 Å². The molecule has 0 aliphatic heterocycles. The van der Waals surface area contributed by atoms with E-state index in [1.165, 1.54) is 44.9 Å². The van der Waals surface area contributed by atoms with Gasteiger partial charge in [-0.1, -0.05) is 52.7 Å². The van der Waals surface area contributed by atoms with Gasteiger partial charge in [-0.25, -0.2) is 0 Å². The van der Waals surface area contributed by atoms with Crippen LogP contribution < -0.4 is 0 Å². The minimum absolute atomic E-state index is 0.198. The van der Waals surface area contributed by atoms with Gasteiger partial charge in [0.1, 0.15) is 0 Å². The van der Waals surface area contributed by atoms with Crippen LogP contribution in [0.25, 0.3) is 0 Å².